The zero-order valence-electron chi connectivity index (χ0n) is 34.4. The molecule has 8 nitrogen and oxygen atoms in total. The SMILES string of the molecule is CC1=C(/C=C/C(C)=C/C=C/C(C)=C/C=C/C=C(C)/C=C/C=C(C)/C=C/C=C(\C)CC[C@H](O[C@@H]2O[C@@H](C)[C@@H](O)[C@@H](O)[C@@H]2O)C(C)(C)O)C(C)(C)[C@@H](O)[C@H](O)C1. The number of allylic oxidation sites excluding steroid dienone is 20. The van der Waals surface area contributed by atoms with Gasteiger partial charge in [0, 0.05) is 5.41 Å². The molecule has 0 amide bonds. The molecule has 0 spiro atoms. The second-order valence-corrected chi connectivity index (χ2v) is 16.1. The summed E-state index contributed by atoms with van der Waals surface area (Å²) in [5.74, 6) is 0. The average molecular weight is 749 g/mol. The lowest BCUT2D eigenvalue weighted by atomic mass is 9.69. The first-order valence-corrected chi connectivity index (χ1v) is 19.0. The van der Waals surface area contributed by atoms with Gasteiger partial charge in [0.15, 0.2) is 6.29 Å². The Kier molecular flexibility index (Phi) is 19.0. The first-order valence-electron chi connectivity index (χ1n) is 19.0. The second kappa shape index (κ2) is 21.8. The molecule has 1 heterocycles. The Hall–Kier alpha value is -3.18. The molecular formula is C46H68O8. The molecule has 1 saturated heterocycles. The van der Waals surface area contributed by atoms with E-state index in [0.717, 1.165) is 39.0 Å². The van der Waals surface area contributed by atoms with Crippen molar-refractivity contribution in [3.8, 4) is 0 Å². The number of hydrogen-bond acceptors (Lipinski definition) is 8. The van der Waals surface area contributed by atoms with Crippen molar-refractivity contribution >= 4 is 0 Å². The van der Waals surface area contributed by atoms with Crippen molar-refractivity contribution < 1.29 is 40.1 Å². The Morgan fingerprint density at radius 3 is 1.76 bits per heavy atom. The summed E-state index contributed by atoms with van der Waals surface area (Å²) in [7, 11) is 0. The molecular weight excluding hydrogens is 680 g/mol. The number of aliphatic hydroxyl groups excluding tert-OH is 5. The molecule has 300 valence electrons. The standard InChI is InChI=1S/C46H68O8/c1-30(17-12-13-18-31(2)20-15-23-33(4)25-27-37-35(6)29-38(47)43(51)45(37,8)9)19-14-21-32(3)22-16-24-34(5)26-28-39(46(10,11)52)54-44-42(50)41(49)40(48)36(7)53-44/h12-25,27,36,38-44,47-52H,26,28-29H2,1-11H3/b13-12+,19-14+,20-15+,22-16+,27-25+,30-17+,31-18+,32-21+,33-23+,34-24+/t36-,38+,39-,40+,41+,42-,43-,44-/m0/s1. The third-order valence-electron chi connectivity index (χ3n) is 9.99. The van der Waals surface area contributed by atoms with Gasteiger partial charge in [-0.15, -0.1) is 0 Å². The van der Waals surface area contributed by atoms with Gasteiger partial charge < -0.3 is 40.1 Å². The van der Waals surface area contributed by atoms with Crippen LogP contribution in [0, 0.1) is 5.41 Å². The maximum absolute atomic E-state index is 10.7. The van der Waals surface area contributed by atoms with Gasteiger partial charge in [-0.3, -0.25) is 0 Å². The van der Waals surface area contributed by atoms with E-state index in [9.17, 15) is 30.6 Å². The zero-order valence-corrected chi connectivity index (χ0v) is 34.4. The molecule has 0 radical (unpaired) electrons. The van der Waals surface area contributed by atoms with Crippen LogP contribution in [0.2, 0.25) is 0 Å². The number of aliphatic hydroxyl groups is 6. The van der Waals surface area contributed by atoms with E-state index in [4.69, 9.17) is 9.47 Å². The summed E-state index contributed by atoms with van der Waals surface area (Å²) in [6, 6.07) is 0. The van der Waals surface area contributed by atoms with Crippen LogP contribution in [0.3, 0.4) is 0 Å². The number of rotatable bonds is 16. The molecule has 54 heavy (non-hydrogen) atoms. The molecule has 0 aromatic carbocycles. The first-order chi connectivity index (χ1) is 25.1. The normalized spacial score (nSPS) is 29.3. The van der Waals surface area contributed by atoms with Crippen LogP contribution < -0.4 is 0 Å². The van der Waals surface area contributed by atoms with E-state index >= 15 is 0 Å². The minimum Gasteiger partial charge on any atom is -0.390 e. The fourth-order valence-corrected chi connectivity index (χ4v) is 6.32. The van der Waals surface area contributed by atoms with Crippen LogP contribution in [0.1, 0.15) is 95.4 Å². The Bertz CT molecular complexity index is 1570. The molecule has 0 bridgehead atoms. The van der Waals surface area contributed by atoms with Crippen molar-refractivity contribution in [2.75, 3.05) is 0 Å². The number of hydrogen-bond donors (Lipinski definition) is 6. The van der Waals surface area contributed by atoms with Crippen molar-refractivity contribution in [1.29, 1.82) is 0 Å². The Morgan fingerprint density at radius 2 is 1.24 bits per heavy atom. The Morgan fingerprint density at radius 1 is 0.759 bits per heavy atom. The van der Waals surface area contributed by atoms with E-state index in [1.54, 1.807) is 20.8 Å². The van der Waals surface area contributed by atoms with Gasteiger partial charge in [0.1, 0.15) is 18.3 Å². The van der Waals surface area contributed by atoms with Gasteiger partial charge in [-0.2, -0.15) is 0 Å². The average Bonchev–Trinajstić information content (AvgIpc) is 3.08. The summed E-state index contributed by atoms with van der Waals surface area (Å²) in [6.45, 7) is 21.0. The molecule has 1 fully saturated rings. The topological polar surface area (TPSA) is 140 Å². The lowest BCUT2D eigenvalue weighted by Gasteiger charge is -2.42. The molecule has 2 rings (SSSR count). The van der Waals surface area contributed by atoms with Crippen molar-refractivity contribution in [1.82, 2.24) is 0 Å². The van der Waals surface area contributed by atoms with Crippen molar-refractivity contribution in [2.24, 2.45) is 5.41 Å². The first kappa shape index (κ1) is 47.0. The lowest BCUT2D eigenvalue weighted by molar-refractivity contribution is -0.315. The van der Waals surface area contributed by atoms with E-state index in [2.05, 4.69) is 56.4 Å². The van der Waals surface area contributed by atoms with Crippen molar-refractivity contribution in [2.45, 2.75) is 150 Å². The predicted molar refractivity (Wildman–Crippen MR) is 220 cm³/mol. The summed E-state index contributed by atoms with van der Waals surface area (Å²) in [4.78, 5) is 0. The Balaban J connectivity index is 1.87. The fourth-order valence-electron chi connectivity index (χ4n) is 6.32. The fraction of sp³-hybridized carbons (Fsp3) is 0.522. The summed E-state index contributed by atoms with van der Waals surface area (Å²) >= 11 is 0. The van der Waals surface area contributed by atoms with Crippen LogP contribution in [-0.4, -0.2) is 85.3 Å². The molecule has 8 heteroatoms. The van der Waals surface area contributed by atoms with Crippen LogP contribution in [0.4, 0.5) is 0 Å². The third-order valence-corrected chi connectivity index (χ3v) is 9.99. The molecule has 2 aliphatic rings. The third kappa shape index (κ3) is 15.2. The van der Waals surface area contributed by atoms with E-state index in [1.165, 1.54) is 0 Å². The molecule has 0 saturated carbocycles. The van der Waals surface area contributed by atoms with E-state index < -0.39 is 60.0 Å². The largest absolute Gasteiger partial charge is 0.390 e. The van der Waals surface area contributed by atoms with Crippen LogP contribution in [0.15, 0.2) is 130 Å². The summed E-state index contributed by atoms with van der Waals surface area (Å²) < 4.78 is 11.5. The monoisotopic (exact) mass is 748 g/mol. The van der Waals surface area contributed by atoms with Gasteiger partial charge in [0.05, 0.1) is 30.0 Å². The van der Waals surface area contributed by atoms with Crippen molar-refractivity contribution in [3.63, 3.8) is 0 Å². The highest BCUT2D eigenvalue weighted by Crippen LogP contribution is 2.41. The Labute approximate surface area is 325 Å². The highest BCUT2D eigenvalue weighted by atomic mass is 16.7. The lowest BCUT2D eigenvalue weighted by Crippen LogP contribution is -2.59. The maximum Gasteiger partial charge on any atom is 0.186 e. The van der Waals surface area contributed by atoms with Crippen molar-refractivity contribution in [3.05, 3.63) is 130 Å². The van der Waals surface area contributed by atoms with Gasteiger partial charge in [-0.1, -0.05) is 138 Å². The predicted octanol–water partition coefficient (Wildman–Crippen LogP) is 7.73. The smallest absolute Gasteiger partial charge is 0.186 e. The minimum atomic E-state index is -1.42. The second-order valence-electron chi connectivity index (χ2n) is 16.1. The quantitative estimate of drug-likeness (QED) is 0.0882. The van der Waals surface area contributed by atoms with Gasteiger partial charge >= 0.3 is 0 Å². The maximum atomic E-state index is 10.7. The summed E-state index contributed by atoms with van der Waals surface area (Å²) in [5, 5.41) is 61.8. The molecule has 1 aliphatic carbocycles. The van der Waals surface area contributed by atoms with Crippen LogP contribution >= 0.6 is 0 Å². The van der Waals surface area contributed by atoms with Crippen LogP contribution in [0.25, 0.3) is 0 Å². The summed E-state index contributed by atoms with van der Waals surface area (Å²) in [5.41, 5.74) is 5.97. The van der Waals surface area contributed by atoms with Crippen LogP contribution in [0.5, 0.6) is 0 Å². The minimum absolute atomic E-state index is 0.469. The van der Waals surface area contributed by atoms with E-state index in [1.807, 2.05) is 90.2 Å². The zero-order chi connectivity index (χ0) is 40.8. The number of ether oxygens (including phenoxy) is 2. The van der Waals surface area contributed by atoms with Gasteiger partial charge in [0.25, 0.3) is 0 Å². The van der Waals surface area contributed by atoms with Crippen LogP contribution in [-0.2, 0) is 9.47 Å². The molecule has 0 aromatic rings. The van der Waals surface area contributed by atoms with E-state index in [0.29, 0.717) is 19.3 Å². The van der Waals surface area contributed by atoms with Gasteiger partial charge in [-0.25, -0.2) is 0 Å². The molecule has 0 unspecified atom stereocenters. The van der Waals surface area contributed by atoms with E-state index in [-0.39, 0.29) is 0 Å². The molecule has 1 aliphatic heterocycles. The molecule has 0 aromatic heterocycles. The van der Waals surface area contributed by atoms with Gasteiger partial charge in [-0.05, 0) is 87.1 Å². The molecule has 8 atom stereocenters. The highest BCUT2D eigenvalue weighted by molar-refractivity contribution is 5.39. The summed E-state index contributed by atoms with van der Waals surface area (Å²) in [6.07, 6.45) is 24.1. The molecule has 6 N–H and O–H groups in total. The highest BCUT2D eigenvalue weighted by Gasteiger charge is 2.45. The van der Waals surface area contributed by atoms with Gasteiger partial charge in [0.2, 0.25) is 0 Å².